The lowest BCUT2D eigenvalue weighted by Gasteiger charge is -2.28. The van der Waals surface area contributed by atoms with E-state index in [0.717, 1.165) is 12.8 Å². The van der Waals surface area contributed by atoms with Gasteiger partial charge in [-0.1, -0.05) is 19.3 Å². The molecule has 0 heterocycles. The number of nitrogens with two attached hydrogens (primary N) is 1. The number of carbonyl (C=O) groups excluding carboxylic acids is 1. The van der Waals surface area contributed by atoms with Crippen molar-refractivity contribution in [2.24, 2.45) is 11.7 Å². The number of rotatable bonds is 6. The highest BCUT2D eigenvalue weighted by Crippen LogP contribution is 2.25. The first-order valence-corrected chi connectivity index (χ1v) is 6.27. The van der Waals surface area contributed by atoms with Gasteiger partial charge >= 0.3 is 0 Å². The smallest absolute Gasteiger partial charge is 0.225 e. The first-order valence-electron chi connectivity index (χ1n) is 6.27. The Hall–Kier alpha value is -0.610. The van der Waals surface area contributed by atoms with Gasteiger partial charge in [-0.05, 0) is 12.8 Å². The maximum Gasteiger partial charge on any atom is 0.225 e. The van der Waals surface area contributed by atoms with Crippen molar-refractivity contribution >= 4 is 5.91 Å². The van der Waals surface area contributed by atoms with Gasteiger partial charge in [-0.3, -0.25) is 4.79 Å². The van der Waals surface area contributed by atoms with Crippen LogP contribution >= 0.6 is 0 Å². The molecule has 0 bridgehead atoms. The zero-order valence-electron chi connectivity index (χ0n) is 10.3. The number of amides is 1. The summed E-state index contributed by atoms with van der Waals surface area (Å²) < 4.78 is 5.02. The first kappa shape index (κ1) is 13.5. The van der Waals surface area contributed by atoms with Crippen LogP contribution in [0.15, 0.2) is 0 Å². The summed E-state index contributed by atoms with van der Waals surface area (Å²) in [6.07, 6.45) is 5.76. The third kappa shape index (κ3) is 4.10. The molecule has 0 atom stereocenters. The van der Waals surface area contributed by atoms with Crippen LogP contribution in [0.2, 0.25) is 0 Å². The van der Waals surface area contributed by atoms with Crippen LogP contribution in [0.25, 0.3) is 0 Å². The van der Waals surface area contributed by atoms with Crippen molar-refractivity contribution in [2.75, 3.05) is 33.4 Å². The summed E-state index contributed by atoms with van der Waals surface area (Å²) in [5.74, 6) is 0.513. The molecule has 94 valence electrons. The van der Waals surface area contributed by atoms with E-state index >= 15 is 0 Å². The Morgan fingerprint density at radius 2 is 2.00 bits per heavy atom. The highest BCUT2D eigenvalue weighted by Gasteiger charge is 2.25. The van der Waals surface area contributed by atoms with Crippen molar-refractivity contribution in [3.8, 4) is 0 Å². The molecule has 1 aliphatic carbocycles. The fraction of sp³-hybridized carbons (Fsp3) is 0.917. The summed E-state index contributed by atoms with van der Waals surface area (Å²) >= 11 is 0. The Bertz CT molecular complexity index is 203. The van der Waals surface area contributed by atoms with Gasteiger partial charge in [0.25, 0.3) is 0 Å². The molecule has 0 aliphatic heterocycles. The molecule has 0 radical (unpaired) electrons. The molecule has 1 saturated carbocycles. The van der Waals surface area contributed by atoms with Gasteiger partial charge in [0.1, 0.15) is 0 Å². The van der Waals surface area contributed by atoms with E-state index < -0.39 is 0 Å². The molecule has 1 rings (SSSR count). The minimum Gasteiger partial charge on any atom is -0.383 e. The SMILES string of the molecule is COCCN(CCN)C(=O)C1CCCCC1. The monoisotopic (exact) mass is 228 g/mol. The molecule has 2 N–H and O–H groups in total. The van der Waals surface area contributed by atoms with E-state index in [9.17, 15) is 4.79 Å². The van der Waals surface area contributed by atoms with Crippen LogP contribution in [0.1, 0.15) is 32.1 Å². The van der Waals surface area contributed by atoms with Crippen molar-refractivity contribution in [2.45, 2.75) is 32.1 Å². The van der Waals surface area contributed by atoms with Gasteiger partial charge in [0.05, 0.1) is 6.61 Å². The lowest BCUT2D eigenvalue weighted by molar-refractivity contribution is -0.137. The average molecular weight is 228 g/mol. The van der Waals surface area contributed by atoms with Crippen molar-refractivity contribution in [1.82, 2.24) is 4.90 Å². The molecule has 0 aromatic rings. The quantitative estimate of drug-likeness (QED) is 0.738. The van der Waals surface area contributed by atoms with Gasteiger partial charge in [0, 0.05) is 32.7 Å². The molecule has 16 heavy (non-hydrogen) atoms. The summed E-state index contributed by atoms with van der Waals surface area (Å²) in [5, 5.41) is 0. The van der Waals surface area contributed by atoms with E-state index in [2.05, 4.69) is 0 Å². The summed E-state index contributed by atoms with van der Waals surface area (Å²) in [4.78, 5) is 14.1. The second kappa shape index (κ2) is 7.63. The number of hydrogen-bond donors (Lipinski definition) is 1. The molecule has 1 amide bonds. The molecule has 4 heteroatoms. The van der Waals surface area contributed by atoms with Crippen molar-refractivity contribution < 1.29 is 9.53 Å². The van der Waals surface area contributed by atoms with Crippen LogP contribution in [-0.4, -0.2) is 44.2 Å². The Kier molecular flexibility index (Phi) is 6.42. The highest BCUT2D eigenvalue weighted by atomic mass is 16.5. The van der Waals surface area contributed by atoms with Gasteiger partial charge in [-0.15, -0.1) is 0 Å². The predicted octanol–water partition coefficient (Wildman–Crippen LogP) is 1.00. The van der Waals surface area contributed by atoms with Gasteiger partial charge in [-0.2, -0.15) is 0 Å². The Morgan fingerprint density at radius 3 is 2.56 bits per heavy atom. The van der Waals surface area contributed by atoms with E-state index in [1.165, 1.54) is 19.3 Å². The molecule has 0 aromatic carbocycles. The minimum atomic E-state index is 0.233. The predicted molar refractivity (Wildman–Crippen MR) is 64.1 cm³/mol. The van der Waals surface area contributed by atoms with Gasteiger partial charge in [-0.25, -0.2) is 0 Å². The second-order valence-electron chi connectivity index (χ2n) is 4.44. The molecule has 0 unspecified atom stereocenters. The van der Waals surface area contributed by atoms with Crippen LogP contribution < -0.4 is 5.73 Å². The van der Waals surface area contributed by atoms with Gasteiger partial charge in [0.15, 0.2) is 0 Å². The largest absolute Gasteiger partial charge is 0.383 e. The fourth-order valence-corrected chi connectivity index (χ4v) is 2.30. The third-order valence-corrected chi connectivity index (χ3v) is 3.23. The van der Waals surface area contributed by atoms with Crippen LogP contribution in [0.4, 0.5) is 0 Å². The van der Waals surface area contributed by atoms with E-state index in [-0.39, 0.29) is 11.8 Å². The second-order valence-corrected chi connectivity index (χ2v) is 4.44. The summed E-state index contributed by atoms with van der Waals surface area (Å²) in [7, 11) is 1.66. The maximum absolute atomic E-state index is 12.2. The molecule has 1 aliphatic rings. The summed E-state index contributed by atoms with van der Waals surface area (Å²) in [6, 6.07) is 0. The molecular weight excluding hydrogens is 204 g/mol. The van der Waals surface area contributed by atoms with Gasteiger partial charge < -0.3 is 15.4 Å². The third-order valence-electron chi connectivity index (χ3n) is 3.23. The molecule has 4 nitrogen and oxygen atoms in total. The first-order chi connectivity index (χ1) is 7.79. The number of nitrogens with zero attached hydrogens (tertiary/aromatic N) is 1. The minimum absolute atomic E-state index is 0.233. The average Bonchev–Trinajstić information content (AvgIpc) is 2.35. The van der Waals surface area contributed by atoms with E-state index in [1.807, 2.05) is 4.90 Å². The number of hydrogen-bond acceptors (Lipinski definition) is 3. The molecular formula is C12H24N2O2. The molecule has 0 saturated heterocycles. The maximum atomic E-state index is 12.2. The topological polar surface area (TPSA) is 55.6 Å². The van der Waals surface area contributed by atoms with Crippen molar-refractivity contribution in [3.63, 3.8) is 0 Å². The summed E-state index contributed by atoms with van der Waals surface area (Å²) in [5.41, 5.74) is 5.53. The molecule has 1 fully saturated rings. The zero-order chi connectivity index (χ0) is 11.8. The lowest BCUT2D eigenvalue weighted by atomic mass is 9.88. The fourth-order valence-electron chi connectivity index (χ4n) is 2.30. The number of methoxy groups -OCH3 is 1. The van der Waals surface area contributed by atoms with Crippen LogP contribution in [0.5, 0.6) is 0 Å². The number of carbonyl (C=O) groups is 1. The highest BCUT2D eigenvalue weighted by molar-refractivity contribution is 5.78. The molecule has 0 aromatic heterocycles. The van der Waals surface area contributed by atoms with Crippen LogP contribution in [0, 0.1) is 5.92 Å². The van der Waals surface area contributed by atoms with Crippen molar-refractivity contribution in [3.05, 3.63) is 0 Å². The van der Waals surface area contributed by atoms with E-state index in [0.29, 0.717) is 26.2 Å². The Balaban J connectivity index is 2.44. The number of ether oxygens (including phenoxy) is 1. The Labute approximate surface area is 98.1 Å². The zero-order valence-corrected chi connectivity index (χ0v) is 10.3. The van der Waals surface area contributed by atoms with E-state index in [4.69, 9.17) is 10.5 Å². The normalized spacial score (nSPS) is 17.4. The van der Waals surface area contributed by atoms with E-state index in [1.54, 1.807) is 7.11 Å². The van der Waals surface area contributed by atoms with Crippen LogP contribution in [-0.2, 0) is 9.53 Å². The lowest BCUT2D eigenvalue weighted by Crippen LogP contribution is -2.41. The Morgan fingerprint density at radius 1 is 1.31 bits per heavy atom. The van der Waals surface area contributed by atoms with Gasteiger partial charge in [0.2, 0.25) is 5.91 Å². The summed E-state index contributed by atoms with van der Waals surface area (Å²) in [6.45, 7) is 2.45. The van der Waals surface area contributed by atoms with Crippen LogP contribution in [0.3, 0.4) is 0 Å². The molecule has 0 spiro atoms. The van der Waals surface area contributed by atoms with Crippen molar-refractivity contribution in [1.29, 1.82) is 0 Å². The standard InChI is InChI=1S/C12H24N2O2/c1-16-10-9-14(8-7-13)12(15)11-5-3-2-4-6-11/h11H,2-10,13H2,1H3.